The number of nitrogens with zero attached hydrogens (tertiary/aromatic N) is 1. The fourth-order valence-electron chi connectivity index (χ4n) is 2.88. The van der Waals surface area contributed by atoms with E-state index in [4.69, 9.17) is 32.5 Å². The number of fused-ring (bicyclic) bond motifs is 1. The monoisotopic (exact) mass is 449 g/mol. The van der Waals surface area contributed by atoms with Gasteiger partial charge >= 0.3 is 11.5 Å². The van der Waals surface area contributed by atoms with Gasteiger partial charge in [0.15, 0.2) is 11.5 Å². The molecule has 0 fully saturated rings. The molecule has 0 aliphatic rings. The summed E-state index contributed by atoms with van der Waals surface area (Å²) in [7, 11) is 2.40. The summed E-state index contributed by atoms with van der Waals surface area (Å²) in [6, 6.07) is 14.3. The molecule has 0 saturated heterocycles. The second-order valence-electron chi connectivity index (χ2n) is 6.71. The van der Waals surface area contributed by atoms with Gasteiger partial charge in [-0.1, -0.05) is 12.1 Å². The van der Waals surface area contributed by atoms with E-state index in [0.29, 0.717) is 11.5 Å². The molecule has 3 aromatic rings. The molecule has 0 spiro atoms. The topological polar surface area (TPSA) is 125 Å². The maximum absolute atomic E-state index is 8.49. The van der Waals surface area contributed by atoms with Crippen LogP contribution in [0, 0.1) is 17.2 Å². The lowest BCUT2D eigenvalue weighted by atomic mass is 10.1. The molecule has 0 aliphatic heterocycles. The van der Waals surface area contributed by atoms with Crippen LogP contribution >= 0.6 is 0 Å². The van der Waals surface area contributed by atoms with Crippen molar-refractivity contribution in [2.45, 2.75) is 6.92 Å². The molecule has 0 N–H and O–H groups in total. The van der Waals surface area contributed by atoms with Gasteiger partial charge < -0.3 is 14.4 Å². The van der Waals surface area contributed by atoms with Crippen molar-refractivity contribution in [3.8, 4) is 11.5 Å². The third kappa shape index (κ3) is 7.39. The van der Waals surface area contributed by atoms with Crippen molar-refractivity contribution in [1.29, 1.82) is 0 Å². The van der Waals surface area contributed by atoms with E-state index in [1.165, 1.54) is 5.69 Å². The summed E-state index contributed by atoms with van der Waals surface area (Å²) in [5.41, 5.74) is 2.28. The van der Waals surface area contributed by atoms with Crippen LogP contribution in [0.4, 0.5) is 5.69 Å². The third-order valence-electron chi connectivity index (χ3n) is 4.29. The zero-order valence-corrected chi connectivity index (χ0v) is 18.6. The smallest absolute Gasteiger partial charge is 0.360 e. The number of hydrogen-bond acceptors (Lipinski definition) is 7. The normalized spacial score (nSPS) is 11.3. The number of anilines is 1. The fourth-order valence-corrected chi connectivity index (χ4v) is 2.88. The van der Waals surface area contributed by atoms with E-state index in [2.05, 4.69) is 29.2 Å². The molecule has 0 radical (unpaired) electrons. The van der Waals surface area contributed by atoms with Crippen LogP contribution in [-0.2, 0) is 0 Å². The maximum Gasteiger partial charge on any atom is 0.360 e. The van der Waals surface area contributed by atoms with Crippen LogP contribution in [0.3, 0.4) is 0 Å². The van der Waals surface area contributed by atoms with E-state index in [0.717, 1.165) is 27.9 Å². The molecule has 31 heavy (non-hydrogen) atoms. The number of methoxy groups -OCH3 is 2. The van der Waals surface area contributed by atoms with Gasteiger partial charge in [-0.2, -0.15) is 0 Å². The standard InChI is InChI=1S/C22H24NO3.ClHO4/c1-15-12-17-13-21(24-4)22(25-5)14-19(17)20(26-15)11-8-16-6-9-18(10-7-16)23(2)3;2-1(3,4)5/h6-14H,1-5H3;(H,2,3,4,5)/q+1;/p-1/b11-8+;. The minimum Gasteiger partial charge on any atom is -0.493 e. The van der Waals surface area contributed by atoms with Gasteiger partial charge in [-0.15, -0.1) is 10.2 Å². The molecule has 1 aromatic heterocycles. The summed E-state index contributed by atoms with van der Waals surface area (Å²) < 4.78 is 50.8. The van der Waals surface area contributed by atoms with Crippen molar-refractivity contribution in [3.05, 3.63) is 59.5 Å². The molecule has 3 rings (SSSR count). The van der Waals surface area contributed by atoms with Crippen LogP contribution in [0.1, 0.15) is 17.1 Å². The van der Waals surface area contributed by atoms with Gasteiger partial charge in [0.1, 0.15) is 0 Å². The summed E-state index contributed by atoms with van der Waals surface area (Å²) in [6.07, 6.45) is 4.04. The summed E-state index contributed by atoms with van der Waals surface area (Å²) >= 11 is 0. The lowest BCUT2D eigenvalue weighted by Gasteiger charge is -2.17. The minimum atomic E-state index is -4.94. The Hall–Kier alpha value is -2.88. The van der Waals surface area contributed by atoms with E-state index in [1.54, 1.807) is 14.2 Å². The van der Waals surface area contributed by atoms with Gasteiger partial charge in [0.05, 0.1) is 26.5 Å². The van der Waals surface area contributed by atoms with Crippen molar-refractivity contribution in [2.24, 2.45) is 0 Å². The number of ether oxygens (including phenoxy) is 2. The highest BCUT2D eigenvalue weighted by Crippen LogP contribution is 2.35. The second kappa shape index (κ2) is 10.4. The molecule has 0 atom stereocenters. The molecule has 1 heterocycles. The van der Waals surface area contributed by atoms with E-state index in [-0.39, 0.29) is 0 Å². The fraction of sp³-hybridized carbons (Fsp3) is 0.227. The summed E-state index contributed by atoms with van der Waals surface area (Å²) in [5.74, 6) is 3.02. The largest absolute Gasteiger partial charge is 0.493 e. The van der Waals surface area contributed by atoms with E-state index < -0.39 is 10.2 Å². The van der Waals surface area contributed by atoms with Crippen LogP contribution < -0.4 is 33.0 Å². The van der Waals surface area contributed by atoms with E-state index in [9.17, 15) is 0 Å². The average molecular weight is 450 g/mol. The Morgan fingerprint density at radius 3 is 1.94 bits per heavy atom. The molecule has 9 heteroatoms. The molecule has 0 amide bonds. The number of aryl methyl sites for hydroxylation is 1. The van der Waals surface area contributed by atoms with Crippen LogP contribution in [0.5, 0.6) is 11.5 Å². The van der Waals surface area contributed by atoms with Crippen LogP contribution in [0.25, 0.3) is 22.9 Å². The number of rotatable bonds is 5. The van der Waals surface area contributed by atoms with E-state index >= 15 is 0 Å². The van der Waals surface area contributed by atoms with Gasteiger partial charge in [-0.25, -0.2) is 23.1 Å². The van der Waals surface area contributed by atoms with Gasteiger partial charge in [0, 0.05) is 43.4 Å². The summed E-state index contributed by atoms with van der Waals surface area (Å²) in [5, 5.41) is 2.03. The van der Waals surface area contributed by atoms with Gasteiger partial charge in [-0.05, 0) is 29.8 Å². The van der Waals surface area contributed by atoms with Gasteiger partial charge in [0.2, 0.25) is 0 Å². The van der Waals surface area contributed by atoms with Crippen LogP contribution in [0.15, 0.2) is 46.9 Å². The molecule has 8 nitrogen and oxygen atoms in total. The molecule has 0 aliphatic carbocycles. The predicted octanol–water partition coefficient (Wildman–Crippen LogP) is 0.520. The van der Waals surface area contributed by atoms with Crippen LogP contribution in [0.2, 0.25) is 0 Å². The Balaban J connectivity index is 0.000000614. The minimum absolute atomic E-state index is 0.684. The average Bonchev–Trinajstić information content (AvgIpc) is 2.70. The SMILES string of the molecule is COc1cc2cc(C)[o+]c(/C=C/c3ccc(N(C)C)cc3)c2cc1OC.[O-][Cl+3]([O-])([O-])[O-]. The molecule has 0 unspecified atom stereocenters. The Morgan fingerprint density at radius 2 is 1.42 bits per heavy atom. The first-order valence-corrected chi connectivity index (χ1v) is 10.3. The third-order valence-corrected chi connectivity index (χ3v) is 4.29. The Bertz CT molecular complexity index is 1040. The van der Waals surface area contributed by atoms with Crippen molar-refractivity contribution < 1.29 is 42.8 Å². The zero-order chi connectivity index (χ0) is 23.2. The number of benzene rings is 2. The quantitative estimate of drug-likeness (QED) is 0.516. The molecule has 0 bridgehead atoms. The highest BCUT2D eigenvalue weighted by molar-refractivity contribution is 5.93. The zero-order valence-electron chi connectivity index (χ0n) is 17.9. The first kappa shape index (κ1) is 24.4. The first-order valence-electron chi connectivity index (χ1n) is 9.08. The van der Waals surface area contributed by atoms with Crippen molar-refractivity contribution in [1.82, 2.24) is 0 Å². The van der Waals surface area contributed by atoms with Gasteiger partial charge in [-0.3, -0.25) is 0 Å². The summed E-state index contributed by atoms with van der Waals surface area (Å²) in [6.45, 7) is 1.94. The Labute approximate surface area is 182 Å². The van der Waals surface area contributed by atoms with Crippen molar-refractivity contribution in [2.75, 3.05) is 33.2 Å². The molecular formula is C22H24ClNO7. The lowest BCUT2D eigenvalue weighted by Crippen LogP contribution is -2.68. The highest BCUT2D eigenvalue weighted by atomic mass is 35.7. The molecule has 2 aromatic carbocycles. The molecule has 166 valence electrons. The molecular weight excluding hydrogens is 426 g/mol. The van der Waals surface area contributed by atoms with Crippen LogP contribution in [-0.4, -0.2) is 28.3 Å². The molecule has 0 saturated carbocycles. The van der Waals surface area contributed by atoms with Crippen molar-refractivity contribution in [3.63, 3.8) is 0 Å². The van der Waals surface area contributed by atoms with Crippen molar-refractivity contribution >= 4 is 28.6 Å². The Kier molecular flexibility index (Phi) is 8.21. The predicted molar refractivity (Wildman–Crippen MR) is 108 cm³/mol. The lowest BCUT2D eigenvalue weighted by molar-refractivity contribution is -2.00. The van der Waals surface area contributed by atoms with E-state index in [1.807, 2.05) is 51.4 Å². The maximum atomic E-state index is 8.49. The Morgan fingerprint density at radius 1 is 0.871 bits per heavy atom. The number of halogens is 1. The summed E-state index contributed by atoms with van der Waals surface area (Å²) in [4.78, 5) is 2.08. The number of hydrogen-bond donors (Lipinski definition) is 0. The highest BCUT2D eigenvalue weighted by Gasteiger charge is 2.17. The first-order chi connectivity index (χ1) is 14.5. The second-order valence-corrected chi connectivity index (χ2v) is 7.47. The van der Waals surface area contributed by atoms with Gasteiger partial charge in [0.25, 0.3) is 0 Å².